The Balaban J connectivity index is 1.12. The van der Waals surface area contributed by atoms with Gasteiger partial charge in [-0.1, -0.05) is 69.2 Å². The molecule has 0 radical (unpaired) electrons. The summed E-state index contributed by atoms with van der Waals surface area (Å²) in [6, 6.07) is 20.4. The zero-order chi connectivity index (χ0) is 29.8. The quantitative estimate of drug-likeness (QED) is 0.210. The van der Waals surface area contributed by atoms with Crippen LogP contribution in [0.4, 0.5) is 0 Å². The Morgan fingerprint density at radius 2 is 1.70 bits per heavy atom. The lowest BCUT2D eigenvalue weighted by molar-refractivity contribution is -0.133. The minimum atomic E-state index is 0.0481. The number of benzene rings is 3. The van der Waals surface area contributed by atoms with E-state index in [1.54, 1.807) is 17.5 Å². The molecule has 1 atom stereocenters. The van der Waals surface area contributed by atoms with Crippen molar-refractivity contribution in [2.45, 2.75) is 83.1 Å². The van der Waals surface area contributed by atoms with Crippen molar-refractivity contribution in [3.8, 4) is 33.5 Å². The normalized spacial score (nSPS) is 19.1. The third-order valence-electron chi connectivity index (χ3n) is 10.6. The average Bonchev–Trinajstić information content (AvgIpc) is 3.87. The summed E-state index contributed by atoms with van der Waals surface area (Å²) in [6.07, 6.45) is 13.9. The minimum Gasteiger partial charge on any atom is -0.345 e. The van der Waals surface area contributed by atoms with Gasteiger partial charge in [-0.25, -0.2) is 9.97 Å². The highest BCUT2D eigenvalue weighted by atomic mass is 16.2. The highest BCUT2D eigenvalue weighted by molar-refractivity contribution is 5.86. The van der Waals surface area contributed by atoms with Crippen molar-refractivity contribution in [3.63, 3.8) is 0 Å². The predicted molar refractivity (Wildman–Crippen MR) is 176 cm³/mol. The van der Waals surface area contributed by atoms with Gasteiger partial charge in [0, 0.05) is 13.0 Å². The second-order valence-electron chi connectivity index (χ2n) is 13.7. The van der Waals surface area contributed by atoms with E-state index in [2.05, 4.69) is 83.4 Å². The Hall–Kier alpha value is -4.19. The number of aromatic nitrogens is 4. The van der Waals surface area contributed by atoms with Crippen molar-refractivity contribution in [1.82, 2.24) is 24.8 Å². The molecule has 0 unspecified atom stereocenters. The van der Waals surface area contributed by atoms with Crippen LogP contribution in [0.5, 0.6) is 0 Å². The van der Waals surface area contributed by atoms with Crippen LogP contribution < -0.4 is 0 Å². The monoisotopic (exact) mass is 583 g/mol. The fourth-order valence-electron chi connectivity index (χ4n) is 8.47. The van der Waals surface area contributed by atoms with Crippen molar-refractivity contribution >= 4 is 16.9 Å². The zero-order valence-electron chi connectivity index (χ0n) is 25.8. The molecule has 1 saturated heterocycles. The maximum absolute atomic E-state index is 12.9. The number of aromatic amines is 2. The Bertz CT molecular complexity index is 1840. The second kappa shape index (κ2) is 10.8. The molecule has 3 aliphatic rings. The third kappa shape index (κ3) is 4.58. The van der Waals surface area contributed by atoms with E-state index in [0.717, 1.165) is 53.9 Å². The maximum Gasteiger partial charge on any atom is 0.223 e. The van der Waals surface area contributed by atoms with Crippen molar-refractivity contribution in [2.24, 2.45) is 5.92 Å². The number of imidazole rings is 2. The summed E-state index contributed by atoms with van der Waals surface area (Å²) in [6.45, 7) is 5.04. The molecular weight excluding hydrogens is 542 g/mol. The summed E-state index contributed by atoms with van der Waals surface area (Å²) >= 11 is 0. The molecule has 2 aromatic heterocycles. The van der Waals surface area contributed by atoms with E-state index in [4.69, 9.17) is 4.98 Å². The Labute approximate surface area is 259 Å². The first-order chi connectivity index (χ1) is 21.5. The summed E-state index contributed by atoms with van der Waals surface area (Å²) in [7, 11) is 0. The van der Waals surface area contributed by atoms with E-state index in [0.29, 0.717) is 17.8 Å². The molecule has 1 saturated carbocycles. The standard InChI is InChI=1S/C38H41N5O/c1-24(2)20-35(44)43-19-5-6-34(43)37-39-22-33(42-37)26-9-7-25(8-10-26)29-13-12-28(27-11-14-31-32(21-27)41-23-40-31)30-15-18-38(36(29)30)16-3-4-17-38/h7-14,21-24,34H,3-6,15-20H2,1-2H3,(H,39,42)(H,40,41)/t34-/m0/s1. The second-order valence-corrected chi connectivity index (χ2v) is 13.7. The van der Waals surface area contributed by atoms with E-state index < -0.39 is 0 Å². The van der Waals surface area contributed by atoms with Gasteiger partial charge in [0.25, 0.3) is 0 Å². The molecule has 6 heteroatoms. The van der Waals surface area contributed by atoms with Crippen molar-refractivity contribution in [2.75, 3.05) is 6.54 Å². The number of hydrogen-bond acceptors (Lipinski definition) is 3. The van der Waals surface area contributed by atoms with Crippen LogP contribution in [0.1, 0.15) is 88.2 Å². The molecule has 5 aromatic rings. The predicted octanol–water partition coefficient (Wildman–Crippen LogP) is 8.75. The fraction of sp³-hybridized carbons (Fsp3) is 0.395. The van der Waals surface area contributed by atoms with Crippen molar-refractivity contribution < 1.29 is 4.79 Å². The summed E-state index contributed by atoms with van der Waals surface area (Å²) in [5.41, 5.74) is 13.0. The lowest BCUT2D eigenvalue weighted by atomic mass is 9.76. The first kappa shape index (κ1) is 27.4. The van der Waals surface area contributed by atoms with Crippen LogP contribution in [0.15, 0.2) is 67.1 Å². The molecule has 44 heavy (non-hydrogen) atoms. The lowest BCUT2D eigenvalue weighted by Gasteiger charge is -2.28. The van der Waals surface area contributed by atoms with Gasteiger partial charge in [0.05, 0.1) is 35.3 Å². The third-order valence-corrected chi connectivity index (χ3v) is 10.6. The molecule has 1 amide bonds. The molecule has 3 heterocycles. The number of carbonyl (C=O) groups excluding carboxylic acids is 1. The first-order valence-electron chi connectivity index (χ1n) is 16.5. The molecule has 2 aliphatic carbocycles. The van der Waals surface area contributed by atoms with Gasteiger partial charge in [0.2, 0.25) is 5.91 Å². The van der Waals surface area contributed by atoms with Crippen LogP contribution in [0.25, 0.3) is 44.5 Å². The van der Waals surface area contributed by atoms with Gasteiger partial charge < -0.3 is 14.9 Å². The molecule has 1 aliphatic heterocycles. The van der Waals surface area contributed by atoms with Crippen LogP contribution in [-0.4, -0.2) is 37.3 Å². The van der Waals surface area contributed by atoms with Crippen LogP contribution in [0.3, 0.4) is 0 Å². The maximum atomic E-state index is 12.9. The van der Waals surface area contributed by atoms with E-state index in [1.165, 1.54) is 54.4 Å². The number of nitrogens with zero attached hydrogens (tertiary/aromatic N) is 3. The smallest absolute Gasteiger partial charge is 0.223 e. The Morgan fingerprint density at radius 3 is 2.52 bits per heavy atom. The zero-order valence-corrected chi connectivity index (χ0v) is 25.8. The van der Waals surface area contributed by atoms with E-state index in [-0.39, 0.29) is 11.9 Å². The number of hydrogen-bond donors (Lipinski definition) is 2. The Morgan fingerprint density at radius 1 is 0.932 bits per heavy atom. The van der Waals surface area contributed by atoms with Crippen molar-refractivity contribution in [3.05, 3.63) is 84.1 Å². The van der Waals surface area contributed by atoms with Crippen molar-refractivity contribution in [1.29, 1.82) is 0 Å². The van der Waals surface area contributed by atoms with Crippen LogP contribution in [0.2, 0.25) is 0 Å². The molecular formula is C38H41N5O. The number of nitrogens with one attached hydrogen (secondary N) is 2. The van der Waals surface area contributed by atoms with Gasteiger partial charge in [-0.05, 0) is 101 Å². The van der Waals surface area contributed by atoms with Crippen LogP contribution >= 0.6 is 0 Å². The summed E-state index contributed by atoms with van der Waals surface area (Å²) in [5, 5.41) is 0. The van der Waals surface area contributed by atoms with Gasteiger partial charge in [-0.2, -0.15) is 0 Å². The molecule has 6 nitrogen and oxygen atoms in total. The van der Waals surface area contributed by atoms with Gasteiger partial charge in [-0.15, -0.1) is 0 Å². The molecule has 2 N–H and O–H groups in total. The van der Waals surface area contributed by atoms with Crippen LogP contribution in [-0.2, 0) is 16.6 Å². The lowest BCUT2D eigenvalue weighted by Crippen LogP contribution is -2.31. The SMILES string of the molecule is CC(C)CC(=O)N1CCC[C@H]1c1ncc(-c2ccc(-c3ccc(-c4ccc5nc[nH]c5c4)c4c3C3(CCCC3)CC4)cc2)[nH]1. The van der Waals surface area contributed by atoms with Gasteiger partial charge in [-0.3, -0.25) is 4.79 Å². The molecule has 3 aromatic carbocycles. The summed E-state index contributed by atoms with van der Waals surface area (Å²) < 4.78 is 0. The fourth-order valence-corrected chi connectivity index (χ4v) is 8.47. The van der Waals surface area contributed by atoms with Gasteiger partial charge >= 0.3 is 0 Å². The average molecular weight is 584 g/mol. The summed E-state index contributed by atoms with van der Waals surface area (Å²) in [4.78, 5) is 31.0. The number of H-pyrrole nitrogens is 2. The van der Waals surface area contributed by atoms with Gasteiger partial charge in [0.15, 0.2) is 0 Å². The van der Waals surface area contributed by atoms with E-state index in [9.17, 15) is 4.79 Å². The molecule has 2 fully saturated rings. The van der Waals surface area contributed by atoms with E-state index in [1.807, 2.05) is 11.1 Å². The number of amides is 1. The molecule has 0 bridgehead atoms. The molecule has 224 valence electrons. The van der Waals surface area contributed by atoms with E-state index >= 15 is 0 Å². The minimum absolute atomic E-state index is 0.0481. The Kier molecular flexibility index (Phi) is 6.69. The summed E-state index contributed by atoms with van der Waals surface area (Å²) in [5.74, 6) is 1.51. The first-order valence-corrected chi connectivity index (χ1v) is 16.5. The highest BCUT2D eigenvalue weighted by Crippen LogP contribution is 2.55. The highest BCUT2D eigenvalue weighted by Gasteiger charge is 2.43. The topological polar surface area (TPSA) is 77.7 Å². The number of fused-ring (bicyclic) bond motifs is 3. The number of likely N-dealkylation sites (tertiary alicyclic amines) is 1. The largest absolute Gasteiger partial charge is 0.345 e. The molecule has 8 rings (SSSR count). The van der Waals surface area contributed by atoms with Gasteiger partial charge in [0.1, 0.15) is 5.82 Å². The van der Waals surface area contributed by atoms with Crippen LogP contribution in [0, 0.1) is 5.92 Å². The molecule has 1 spiro atoms. The number of carbonyl (C=O) groups is 1. The number of rotatable bonds is 6.